The predicted octanol–water partition coefficient (Wildman–Crippen LogP) is 1.18. The van der Waals surface area contributed by atoms with Gasteiger partial charge >= 0.3 is 0 Å². The van der Waals surface area contributed by atoms with E-state index in [0.29, 0.717) is 5.82 Å². The first kappa shape index (κ1) is 12.2. The van der Waals surface area contributed by atoms with Crippen molar-refractivity contribution in [3.8, 4) is 0 Å². The molecular weight excluding hydrogens is 256 g/mol. The first-order valence-corrected chi connectivity index (χ1v) is 6.13. The Bertz CT molecular complexity index is 786. The molecule has 2 aromatic heterocycles. The monoisotopic (exact) mass is 268 g/mol. The third-order valence-electron chi connectivity index (χ3n) is 2.92. The van der Waals surface area contributed by atoms with Gasteiger partial charge < -0.3 is 15.3 Å². The van der Waals surface area contributed by atoms with E-state index in [1.165, 1.54) is 18.5 Å². The Morgan fingerprint density at radius 3 is 2.90 bits per heavy atom. The number of hydrogen-bond donors (Lipinski definition) is 3. The van der Waals surface area contributed by atoms with Crippen LogP contribution in [0.3, 0.4) is 0 Å². The number of rotatable bonds is 3. The maximum absolute atomic E-state index is 11.9. The van der Waals surface area contributed by atoms with Crippen molar-refractivity contribution < 1.29 is 4.79 Å². The Balaban J connectivity index is 1.75. The summed E-state index contributed by atoms with van der Waals surface area (Å²) in [5.74, 6) is 0.221. The number of aromatic nitrogens is 3. The van der Waals surface area contributed by atoms with E-state index in [2.05, 4.69) is 20.3 Å². The maximum Gasteiger partial charge on any atom is 0.257 e. The zero-order valence-electron chi connectivity index (χ0n) is 10.5. The smallest absolute Gasteiger partial charge is 0.257 e. The number of para-hydroxylation sites is 2. The highest BCUT2D eigenvalue weighted by Gasteiger charge is 2.10. The fourth-order valence-corrected chi connectivity index (χ4v) is 1.94. The summed E-state index contributed by atoms with van der Waals surface area (Å²) in [4.78, 5) is 33.6. The number of H-pyrrole nitrogens is 2. The molecule has 1 amide bonds. The summed E-state index contributed by atoms with van der Waals surface area (Å²) >= 11 is 0. The van der Waals surface area contributed by atoms with Crippen molar-refractivity contribution >= 4 is 16.9 Å². The number of nitrogens with one attached hydrogen (secondary N) is 3. The number of fused-ring (bicyclic) bond motifs is 1. The van der Waals surface area contributed by atoms with E-state index in [1.54, 1.807) is 0 Å². The average Bonchev–Trinajstić information content (AvgIpc) is 2.88. The lowest BCUT2D eigenvalue weighted by molar-refractivity contribution is 0.0948. The summed E-state index contributed by atoms with van der Waals surface area (Å²) in [6.45, 7) is 0.238. The number of carbonyl (C=O) groups excluding carboxylic acids is 1. The summed E-state index contributed by atoms with van der Waals surface area (Å²) in [5.41, 5.74) is 1.53. The van der Waals surface area contributed by atoms with Crippen molar-refractivity contribution in [2.24, 2.45) is 0 Å². The predicted molar refractivity (Wildman–Crippen MR) is 74.3 cm³/mol. The van der Waals surface area contributed by atoms with E-state index >= 15 is 0 Å². The zero-order chi connectivity index (χ0) is 13.9. The summed E-state index contributed by atoms with van der Waals surface area (Å²) in [6, 6.07) is 8.92. The lowest BCUT2D eigenvalue weighted by Crippen LogP contribution is -2.28. The molecule has 0 saturated heterocycles. The number of benzene rings is 1. The standard InChI is InChI=1S/C14H12N4O2/c19-12-5-6-15-7-9(12)14(20)16-8-13-17-10-3-1-2-4-11(10)18-13/h1-7H,8H2,(H,15,19)(H,16,20)(H,17,18). The number of nitrogens with zero attached hydrogens (tertiary/aromatic N) is 1. The quantitative estimate of drug-likeness (QED) is 0.666. The van der Waals surface area contributed by atoms with Crippen LogP contribution in [0.4, 0.5) is 0 Å². The summed E-state index contributed by atoms with van der Waals surface area (Å²) in [5, 5.41) is 2.66. The summed E-state index contributed by atoms with van der Waals surface area (Å²) in [6.07, 6.45) is 2.87. The van der Waals surface area contributed by atoms with E-state index in [1.807, 2.05) is 24.3 Å². The van der Waals surface area contributed by atoms with Gasteiger partial charge in [0.1, 0.15) is 11.4 Å². The molecule has 0 aliphatic heterocycles. The molecule has 2 heterocycles. The Morgan fingerprint density at radius 1 is 1.25 bits per heavy atom. The van der Waals surface area contributed by atoms with Gasteiger partial charge in [-0.3, -0.25) is 9.59 Å². The minimum atomic E-state index is -0.424. The van der Waals surface area contributed by atoms with Crippen molar-refractivity contribution in [2.75, 3.05) is 0 Å². The Labute approximate surface area is 113 Å². The number of hydrogen-bond acceptors (Lipinski definition) is 3. The number of amides is 1. The fourth-order valence-electron chi connectivity index (χ4n) is 1.94. The van der Waals surface area contributed by atoms with E-state index in [4.69, 9.17) is 0 Å². The van der Waals surface area contributed by atoms with Gasteiger partial charge in [0, 0.05) is 18.5 Å². The molecule has 0 aliphatic rings. The zero-order valence-corrected chi connectivity index (χ0v) is 10.5. The van der Waals surface area contributed by atoms with Gasteiger partial charge in [-0.25, -0.2) is 4.98 Å². The van der Waals surface area contributed by atoms with E-state index in [9.17, 15) is 9.59 Å². The SMILES string of the molecule is O=C(NCc1nc2ccccc2[nH]1)c1c[nH]ccc1=O. The fraction of sp³-hybridized carbons (Fsp3) is 0.0714. The summed E-state index contributed by atoms with van der Waals surface area (Å²) in [7, 11) is 0. The second kappa shape index (κ2) is 5.00. The van der Waals surface area contributed by atoms with Crippen molar-refractivity contribution in [1.29, 1.82) is 0 Å². The molecule has 3 aromatic rings. The third kappa shape index (κ3) is 2.31. The van der Waals surface area contributed by atoms with Crippen LogP contribution >= 0.6 is 0 Å². The minimum Gasteiger partial charge on any atom is -0.367 e. The largest absolute Gasteiger partial charge is 0.367 e. The molecule has 0 unspecified atom stereocenters. The van der Waals surface area contributed by atoms with Crippen LogP contribution in [0, 0.1) is 0 Å². The maximum atomic E-state index is 11.9. The highest BCUT2D eigenvalue weighted by molar-refractivity contribution is 5.93. The van der Waals surface area contributed by atoms with Crippen LogP contribution in [0.25, 0.3) is 11.0 Å². The van der Waals surface area contributed by atoms with Crippen molar-refractivity contribution in [3.63, 3.8) is 0 Å². The molecular formula is C14H12N4O2. The number of pyridine rings is 1. The normalized spacial score (nSPS) is 10.6. The van der Waals surface area contributed by atoms with E-state index < -0.39 is 5.91 Å². The molecule has 0 bridgehead atoms. The third-order valence-corrected chi connectivity index (χ3v) is 2.92. The van der Waals surface area contributed by atoms with Crippen molar-refractivity contribution in [2.45, 2.75) is 6.54 Å². The van der Waals surface area contributed by atoms with Gasteiger partial charge in [-0.15, -0.1) is 0 Å². The molecule has 0 saturated carbocycles. The Morgan fingerprint density at radius 2 is 2.10 bits per heavy atom. The first-order valence-electron chi connectivity index (χ1n) is 6.13. The molecule has 0 spiro atoms. The van der Waals surface area contributed by atoms with Gasteiger partial charge in [-0.1, -0.05) is 12.1 Å². The van der Waals surface area contributed by atoms with Crippen LogP contribution in [0.15, 0.2) is 47.5 Å². The lowest BCUT2D eigenvalue weighted by atomic mass is 10.2. The summed E-state index contributed by atoms with van der Waals surface area (Å²) < 4.78 is 0. The lowest BCUT2D eigenvalue weighted by Gasteiger charge is -2.01. The molecule has 0 radical (unpaired) electrons. The van der Waals surface area contributed by atoms with Crippen LogP contribution < -0.4 is 10.7 Å². The van der Waals surface area contributed by atoms with Gasteiger partial charge in [0.25, 0.3) is 5.91 Å². The second-order valence-electron chi connectivity index (χ2n) is 4.31. The van der Waals surface area contributed by atoms with E-state index in [0.717, 1.165) is 11.0 Å². The molecule has 0 atom stereocenters. The van der Waals surface area contributed by atoms with Crippen LogP contribution in [0.5, 0.6) is 0 Å². The van der Waals surface area contributed by atoms with Gasteiger partial charge in [0.2, 0.25) is 0 Å². The van der Waals surface area contributed by atoms with Gasteiger partial charge in [0.15, 0.2) is 5.43 Å². The first-order chi connectivity index (χ1) is 9.74. The van der Waals surface area contributed by atoms with Crippen LogP contribution in [0.1, 0.15) is 16.2 Å². The highest BCUT2D eigenvalue weighted by atomic mass is 16.2. The molecule has 3 rings (SSSR count). The van der Waals surface area contributed by atoms with Crippen LogP contribution in [-0.2, 0) is 6.54 Å². The molecule has 20 heavy (non-hydrogen) atoms. The van der Waals surface area contributed by atoms with Gasteiger partial charge in [0.05, 0.1) is 17.6 Å². The topological polar surface area (TPSA) is 90.6 Å². The van der Waals surface area contributed by atoms with Gasteiger partial charge in [-0.2, -0.15) is 0 Å². The number of aromatic amines is 2. The molecule has 0 fully saturated rings. The number of imidazole rings is 1. The second-order valence-corrected chi connectivity index (χ2v) is 4.31. The Hall–Kier alpha value is -2.89. The highest BCUT2D eigenvalue weighted by Crippen LogP contribution is 2.09. The molecule has 1 aromatic carbocycles. The molecule has 0 aliphatic carbocycles. The van der Waals surface area contributed by atoms with Gasteiger partial charge in [-0.05, 0) is 12.1 Å². The average molecular weight is 268 g/mol. The van der Waals surface area contributed by atoms with Crippen LogP contribution in [0.2, 0.25) is 0 Å². The Kier molecular flexibility index (Phi) is 3.04. The minimum absolute atomic E-state index is 0.0867. The molecule has 100 valence electrons. The van der Waals surface area contributed by atoms with Crippen molar-refractivity contribution in [1.82, 2.24) is 20.3 Å². The van der Waals surface area contributed by atoms with E-state index in [-0.39, 0.29) is 17.5 Å². The molecule has 6 nitrogen and oxygen atoms in total. The number of carbonyl (C=O) groups is 1. The van der Waals surface area contributed by atoms with Crippen molar-refractivity contribution in [3.05, 3.63) is 64.3 Å². The molecule has 6 heteroatoms. The van der Waals surface area contributed by atoms with Crippen LogP contribution in [-0.4, -0.2) is 20.9 Å². The molecule has 3 N–H and O–H groups in total.